The van der Waals surface area contributed by atoms with Gasteiger partial charge in [-0.15, -0.1) is 11.3 Å². The van der Waals surface area contributed by atoms with Crippen LogP contribution in [0.25, 0.3) is 0 Å². The number of nitrogens with zero attached hydrogens (tertiary/aromatic N) is 1. The van der Waals surface area contributed by atoms with E-state index in [1.807, 2.05) is 25.1 Å². The van der Waals surface area contributed by atoms with E-state index in [1.54, 1.807) is 5.38 Å². The molecule has 3 N–H and O–H groups in total. The van der Waals surface area contributed by atoms with Crippen molar-refractivity contribution in [1.82, 2.24) is 10.3 Å². The molecule has 0 saturated heterocycles. The third-order valence-electron chi connectivity index (χ3n) is 2.84. The summed E-state index contributed by atoms with van der Waals surface area (Å²) in [7, 11) is 0. The summed E-state index contributed by atoms with van der Waals surface area (Å²) in [6.07, 6.45) is 1.84. The number of thiazole rings is 1. The number of amides is 1. The van der Waals surface area contributed by atoms with Gasteiger partial charge in [0.25, 0.3) is 5.91 Å². The SMILES string of the molecule is CC(CCc1ccccc1)NC(=O)c1csc(N)n1. The Morgan fingerprint density at radius 3 is 2.79 bits per heavy atom. The molecule has 4 nitrogen and oxygen atoms in total. The van der Waals surface area contributed by atoms with Gasteiger partial charge in [0.1, 0.15) is 5.69 Å². The molecule has 1 aromatic carbocycles. The van der Waals surface area contributed by atoms with Crippen molar-refractivity contribution in [2.45, 2.75) is 25.8 Å². The highest BCUT2D eigenvalue weighted by Crippen LogP contribution is 2.11. The van der Waals surface area contributed by atoms with E-state index < -0.39 is 0 Å². The predicted octanol–water partition coefficient (Wildman–Crippen LogP) is 2.48. The molecule has 0 aliphatic rings. The van der Waals surface area contributed by atoms with Crippen LogP contribution >= 0.6 is 11.3 Å². The number of aryl methyl sites for hydroxylation is 1. The molecule has 1 unspecified atom stereocenters. The van der Waals surface area contributed by atoms with Crippen molar-refractivity contribution in [3.63, 3.8) is 0 Å². The van der Waals surface area contributed by atoms with E-state index in [-0.39, 0.29) is 11.9 Å². The van der Waals surface area contributed by atoms with E-state index in [0.717, 1.165) is 12.8 Å². The zero-order chi connectivity index (χ0) is 13.7. The highest BCUT2D eigenvalue weighted by molar-refractivity contribution is 7.13. The van der Waals surface area contributed by atoms with Crippen LogP contribution in [-0.2, 0) is 6.42 Å². The Bertz CT molecular complexity index is 539. The first-order valence-electron chi connectivity index (χ1n) is 6.21. The van der Waals surface area contributed by atoms with Gasteiger partial charge in [0.2, 0.25) is 0 Å². The Kier molecular flexibility index (Phi) is 4.52. The number of nitrogens with one attached hydrogen (secondary N) is 1. The lowest BCUT2D eigenvalue weighted by Gasteiger charge is -2.12. The summed E-state index contributed by atoms with van der Waals surface area (Å²) >= 11 is 1.28. The van der Waals surface area contributed by atoms with Crippen LogP contribution in [0.1, 0.15) is 29.4 Å². The van der Waals surface area contributed by atoms with Gasteiger partial charge in [0.15, 0.2) is 5.13 Å². The maximum absolute atomic E-state index is 11.9. The zero-order valence-electron chi connectivity index (χ0n) is 10.8. The van der Waals surface area contributed by atoms with Gasteiger partial charge in [-0.25, -0.2) is 4.98 Å². The van der Waals surface area contributed by atoms with Gasteiger partial charge in [-0.05, 0) is 25.3 Å². The van der Waals surface area contributed by atoms with Gasteiger partial charge in [0, 0.05) is 11.4 Å². The smallest absolute Gasteiger partial charge is 0.271 e. The molecule has 0 bridgehead atoms. The summed E-state index contributed by atoms with van der Waals surface area (Å²) in [6.45, 7) is 2.00. The first-order chi connectivity index (χ1) is 9.15. The standard InChI is InChI=1S/C14H17N3OS/c1-10(7-8-11-5-3-2-4-6-11)16-13(18)12-9-19-14(15)17-12/h2-6,9-10H,7-8H2,1H3,(H2,15,17)(H,16,18). The molecule has 1 heterocycles. The fraction of sp³-hybridized carbons (Fsp3) is 0.286. The molecule has 0 aliphatic carbocycles. The number of aromatic nitrogens is 1. The first-order valence-corrected chi connectivity index (χ1v) is 7.09. The van der Waals surface area contributed by atoms with E-state index in [4.69, 9.17) is 5.73 Å². The van der Waals surface area contributed by atoms with Crippen LogP contribution < -0.4 is 11.1 Å². The lowest BCUT2D eigenvalue weighted by molar-refractivity contribution is 0.0934. The summed E-state index contributed by atoms with van der Waals surface area (Å²) < 4.78 is 0. The second-order valence-corrected chi connectivity index (χ2v) is 5.36. The van der Waals surface area contributed by atoms with E-state index in [0.29, 0.717) is 10.8 Å². The molecule has 2 rings (SSSR count). The number of carbonyl (C=O) groups is 1. The maximum atomic E-state index is 11.9. The topological polar surface area (TPSA) is 68.0 Å². The van der Waals surface area contributed by atoms with Crippen LogP contribution in [0.4, 0.5) is 5.13 Å². The molecule has 0 spiro atoms. The highest BCUT2D eigenvalue weighted by atomic mass is 32.1. The molecule has 1 aromatic heterocycles. The maximum Gasteiger partial charge on any atom is 0.271 e. The average molecular weight is 275 g/mol. The molecule has 0 saturated carbocycles. The van der Waals surface area contributed by atoms with E-state index in [2.05, 4.69) is 22.4 Å². The van der Waals surface area contributed by atoms with Crippen LogP contribution in [0.15, 0.2) is 35.7 Å². The normalized spacial score (nSPS) is 12.1. The third-order valence-corrected chi connectivity index (χ3v) is 3.51. The van der Waals surface area contributed by atoms with Crippen LogP contribution in [0.5, 0.6) is 0 Å². The molecular formula is C14H17N3OS. The molecule has 0 fully saturated rings. The van der Waals surface area contributed by atoms with Gasteiger partial charge < -0.3 is 11.1 Å². The van der Waals surface area contributed by atoms with E-state index in [9.17, 15) is 4.79 Å². The summed E-state index contributed by atoms with van der Waals surface area (Å²) in [5.74, 6) is -0.159. The number of carbonyl (C=O) groups excluding carboxylic acids is 1. The number of nitrogens with two attached hydrogens (primary N) is 1. The molecule has 2 aromatic rings. The molecule has 0 aliphatic heterocycles. The molecular weight excluding hydrogens is 258 g/mol. The summed E-state index contributed by atoms with van der Waals surface area (Å²) in [5.41, 5.74) is 7.19. The van der Waals surface area contributed by atoms with Crippen LogP contribution in [0.3, 0.4) is 0 Å². The van der Waals surface area contributed by atoms with Crippen LogP contribution in [0.2, 0.25) is 0 Å². The molecule has 100 valence electrons. The fourth-order valence-electron chi connectivity index (χ4n) is 1.79. The van der Waals surface area contributed by atoms with Crippen molar-refractivity contribution in [3.05, 3.63) is 47.0 Å². The Labute approximate surface area is 116 Å². The quantitative estimate of drug-likeness (QED) is 0.881. The van der Waals surface area contributed by atoms with Crippen molar-refractivity contribution in [3.8, 4) is 0 Å². The van der Waals surface area contributed by atoms with Gasteiger partial charge in [-0.1, -0.05) is 30.3 Å². The van der Waals surface area contributed by atoms with Gasteiger partial charge >= 0.3 is 0 Å². The van der Waals surface area contributed by atoms with Crippen molar-refractivity contribution >= 4 is 22.4 Å². The summed E-state index contributed by atoms with van der Waals surface area (Å²) in [6, 6.07) is 10.3. The number of rotatable bonds is 5. The van der Waals surface area contributed by atoms with E-state index in [1.165, 1.54) is 16.9 Å². The average Bonchev–Trinajstić information content (AvgIpc) is 2.84. The Morgan fingerprint density at radius 1 is 1.42 bits per heavy atom. The number of hydrogen-bond acceptors (Lipinski definition) is 4. The Balaban J connectivity index is 1.81. The van der Waals surface area contributed by atoms with Crippen molar-refractivity contribution in [2.75, 3.05) is 5.73 Å². The summed E-state index contributed by atoms with van der Waals surface area (Å²) in [4.78, 5) is 15.8. The second kappa shape index (κ2) is 6.33. The molecule has 1 atom stereocenters. The number of hydrogen-bond donors (Lipinski definition) is 2. The second-order valence-electron chi connectivity index (χ2n) is 4.47. The van der Waals surface area contributed by atoms with Crippen LogP contribution in [-0.4, -0.2) is 16.9 Å². The van der Waals surface area contributed by atoms with Crippen molar-refractivity contribution < 1.29 is 4.79 Å². The first kappa shape index (κ1) is 13.5. The highest BCUT2D eigenvalue weighted by Gasteiger charge is 2.12. The van der Waals surface area contributed by atoms with Gasteiger partial charge in [-0.3, -0.25) is 4.79 Å². The largest absolute Gasteiger partial charge is 0.375 e. The molecule has 5 heteroatoms. The minimum Gasteiger partial charge on any atom is -0.375 e. The van der Waals surface area contributed by atoms with Gasteiger partial charge in [-0.2, -0.15) is 0 Å². The monoisotopic (exact) mass is 275 g/mol. The van der Waals surface area contributed by atoms with Crippen molar-refractivity contribution in [1.29, 1.82) is 0 Å². The van der Waals surface area contributed by atoms with Crippen molar-refractivity contribution in [2.24, 2.45) is 0 Å². The lowest BCUT2D eigenvalue weighted by Crippen LogP contribution is -2.33. The number of nitrogen functional groups attached to an aromatic ring is 1. The zero-order valence-corrected chi connectivity index (χ0v) is 11.6. The molecule has 1 amide bonds. The third kappa shape index (κ3) is 4.06. The minimum absolute atomic E-state index is 0.107. The summed E-state index contributed by atoms with van der Waals surface area (Å²) in [5, 5.41) is 5.02. The minimum atomic E-state index is -0.159. The Hall–Kier alpha value is -1.88. The lowest BCUT2D eigenvalue weighted by atomic mass is 10.1. The Morgan fingerprint density at radius 2 is 2.16 bits per heavy atom. The molecule has 0 radical (unpaired) electrons. The number of anilines is 1. The predicted molar refractivity (Wildman–Crippen MR) is 78.2 cm³/mol. The van der Waals surface area contributed by atoms with Crippen LogP contribution in [0, 0.1) is 0 Å². The van der Waals surface area contributed by atoms with Gasteiger partial charge in [0.05, 0.1) is 0 Å². The molecule has 19 heavy (non-hydrogen) atoms. The van der Waals surface area contributed by atoms with E-state index >= 15 is 0 Å². The fourth-order valence-corrected chi connectivity index (χ4v) is 2.33. The number of benzene rings is 1.